The molecule has 0 bridgehead atoms. The SMILES string of the molecule is COc1ccc2ncc(=O)n(CCN3CCC(N(Cc4cc5c(cn4)OCCO5)C(=O)OC(C)(C)C)CC3)c2n1. The molecule has 1 fully saturated rings. The maximum atomic E-state index is 13.3. The molecular formula is C28H36N6O6. The zero-order valence-corrected chi connectivity index (χ0v) is 23.5. The van der Waals surface area contributed by atoms with Gasteiger partial charge in [-0.25, -0.2) is 9.78 Å². The van der Waals surface area contributed by atoms with Crippen LogP contribution in [0.3, 0.4) is 0 Å². The highest BCUT2D eigenvalue weighted by atomic mass is 16.6. The van der Waals surface area contributed by atoms with Crippen molar-refractivity contribution in [2.75, 3.05) is 40.0 Å². The van der Waals surface area contributed by atoms with E-state index >= 15 is 0 Å². The number of fused-ring (bicyclic) bond motifs is 2. The first-order valence-electron chi connectivity index (χ1n) is 13.6. The van der Waals surface area contributed by atoms with Gasteiger partial charge in [-0.15, -0.1) is 0 Å². The average molecular weight is 553 g/mol. The van der Waals surface area contributed by atoms with Crippen molar-refractivity contribution in [2.45, 2.75) is 58.3 Å². The van der Waals surface area contributed by atoms with Crippen LogP contribution in [0, 0.1) is 0 Å². The number of carbonyl (C=O) groups excluding carboxylic acids is 1. The molecule has 2 aliphatic rings. The number of amides is 1. The maximum absolute atomic E-state index is 13.3. The van der Waals surface area contributed by atoms with Gasteiger partial charge in [0.05, 0.1) is 31.7 Å². The average Bonchev–Trinajstić information content (AvgIpc) is 2.94. The molecule has 40 heavy (non-hydrogen) atoms. The van der Waals surface area contributed by atoms with Crippen LogP contribution in [0.15, 0.2) is 35.4 Å². The Kier molecular flexibility index (Phi) is 8.06. The van der Waals surface area contributed by atoms with Gasteiger partial charge in [-0.05, 0) is 39.7 Å². The molecule has 1 amide bonds. The summed E-state index contributed by atoms with van der Waals surface area (Å²) in [4.78, 5) is 43.2. The molecule has 5 heterocycles. The van der Waals surface area contributed by atoms with E-state index in [0.29, 0.717) is 67.1 Å². The second-order valence-electron chi connectivity index (χ2n) is 10.9. The first-order chi connectivity index (χ1) is 19.2. The third-order valence-corrected chi connectivity index (χ3v) is 6.96. The highest BCUT2D eigenvalue weighted by molar-refractivity contribution is 5.70. The van der Waals surface area contributed by atoms with Crippen LogP contribution >= 0.6 is 0 Å². The lowest BCUT2D eigenvalue weighted by Crippen LogP contribution is -2.49. The quantitative estimate of drug-likeness (QED) is 0.433. The summed E-state index contributed by atoms with van der Waals surface area (Å²) >= 11 is 0. The van der Waals surface area contributed by atoms with Crippen molar-refractivity contribution >= 4 is 17.3 Å². The number of methoxy groups -OCH3 is 1. The number of hydrogen-bond donors (Lipinski definition) is 0. The topological polar surface area (TPSA) is 121 Å². The molecule has 12 heteroatoms. The van der Waals surface area contributed by atoms with Gasteiger partial charge in [0.15, 0.2) is 17.1 Å². The summed E-state index contributed by atoms with van der Waals surface area (Å²) in [5.74, 6) is 1.69. The van der Waals surface area contributed by atoms with Crippen LogP contribution in [0.25, 0.3) is 11.2 Å². The third-order valence-electron chi connectivity index (χ3n) is 6.96. The number of aromatic nitrogens is 4. The Labute approximate surface area is 232 Å². The molecule has 1 saturated heterocycles. The Morgan fingerprint density at radius 1 is 1.07 bits per heavy atom. The highest BCUT2D eigenvalue weighted by Crippen LogP contribution is 2.30. The number of pyridine rings is 2. The number of hydrogen-bond acceptors (Lipinski definition) is 10. The molecule has 0 aromatic carbocycles. The van der Waals surface area contributed by atoms with Crippen LogP contribution in [-0.4, -0.2) is 87.0 Å². The first-order valence-corrected chi connectivity index (χ1v) is 13.6. The van der Waals surface area contributed by atoms with Gasteiger partial charge in [0.2, 0.25) is 5.88 Å². The van der Waals surface area contributed by atoms with Crippen molar-refractivity contribution in [1.82, 2.24) is 29.3 Å². The van der Waals surface area contributed by atoms with Crippen molar-refractivity contribution in [3.05, 3.63) is 46.6 Å². The Bertz CT molecular complexity index is 1410. The van der Waals surface area contributed by atoms with E-state index in [2.05, 4.69) is 19.9 Å². The van der Waals surface area contributed by atoms with Crippen molar-refractivity contribution in [3.8, 4) is 17.4 Å². The molecular weight excluding hydrogens is 516 g/mol. The smallest absolute Gasteiger partial charge is 0.410 e. The molecule has 0 N–H and O–H groups in total. The van der Waals surface area contributed by atoms with Gasteiger partial charge in [-0.3, -0.25) is 19.2 Å². The predicted molar refractivity (Wildman–Crippen MR) is 147 cm³/mol. The molecule has 0 spiro atoms. The standard InChI is InChI=1S/C28H36N6O6/c1-28(2,3)40-27(36)34(18-19-15-22-23(16-29-19)39-14-13-38-22)20-7-9-32(10-8-20)11-12-33-25(35)17-30-21-5-6-24(37-4)31-26(21)33/h5-6,15-17,20H,7-14,18H2,1-4H3. The largest absolute Gasteiger partial charge is 0.486 e. The van der Waals surface area contributed by atoms with E-state index in [4.69, 9.17) is 18.9 Å². The third kappa shape index (κ3) is 6.44. The molecule has 0 aliphatic carbocycles. The number of nitrogens with zero attached hydrogens (tertiary/aromatic N) is 6. The summed E-state index contributed by atoms with van der Waals surface area (Å²) in [6.07, 6.45) is 4.14. The zero-order valence-electron chi connectivity index (χ0n) is 23.5. The molecule has 3 aromatic rings. The number of likely N-dealkylation sites (tertiary alicyclic amines) is 1. The fraction of sp³-hybridized carbons (Fsp3) is 0.536. The van der Waals surface area contributed by atoms with Gasteiger partial charge in [-0.1, -0.05) is 0 Å². The summed E-state index contributed by atoms with van der Waals surface area (Å²) in [7, 11) is 1.54. The lowest BCUT2D eigenvalue weighted by atomic mass is 10.0. The van der Waals surface area contributed by atoms with E-state index in [9.17, 15) is 9.59 Å². The van der Waals surface area contributed by atoms with E-state index in [0.717, 1.165) is 25.9 Å². The van der Waals surface area contributed by atoms with Gasteiger partial charge in [0.25, 0.3) is 5.56 Å². The maximum Gasteiger partial charge on any atom is 0.410 e. The Morgan fingerprint density at radius 2 is 1.82 bits per heavy atom. The van der Waals surface area contributed by atoms with Crippen molar-refractivity contribution in [3.63, 3.8) is 0 Å². The summed E-state index contributed by atoms with van der Waals surface area (Å²) in [5.41, 5.74) is 1.04. The molecule has 12 nitrogen and oxygen atoms in total. The second-order valence-corrected chi connectivity index (χ2v) is 10.9. The van der Waals surface area contributed by atoms with Crippen LogP contribution in [0.5, 0.6) is 17.4 Å². The molecule has 5 rings (SSSR count). The van der Waals surface area contributed by atoms with Gasteiger partial charge in [0, 0.05) is 44.4 Å². The van der Waals surface area contributed by atoms with E-state index in [1.165, 1.54) is 6.20 Å². The number of piperidine rings is 1. The first kappa shape index (κ1) is 27.6. The second kappa shape index (κ2) is 11.7. The fourth-order valence-electron chi connectivity index (χ4n) is 4.96. The molecule has 0 radical (unpaired) electrons. The molecule has 214 valence electrons. The molecule has 3 aromatic heterocycles. The lowest BCUT2D eigenvalue weighted by molar-refractivity contribution is 0.00529. The van der Waals surface area contributed by atoms with Crippen LogP contribution < -0.4 is 19.8 Å². The Balaban J connectivity index is 1.26. The fourth-order valence-corrected chi connectivity index (χ4v) is 4.96. The summed E-state index contributed by atoms with van der Waals surface area (Å²) in [5, 5.41) is 0. The Hall–Kier alpha value is -3.93. The number of rotatable bonds is 7. The van der Waals surface area contributed by atoms with Crippen molar-refractivity contribution in [2.24, 2.45) is 0 Å². The van der Waals surface area contributed by atoms with Gasteiger partial charge in [-0.2, -0.15) is 4.98 Å². The molecule has 0 saturated carbocycles. The molecule has 2 aliphatic heterocycles. The van der Waals surface area contributed by atoms with Crippen LogP contribution in [-0.2, 0) is 17.8 Å². The van der Waals surface area contributed by atoms with Gasteiger partial charge < -0.3 is 23.8 Å². The minimum Gasteiger partial charge on any atom is -0.486 e. The van der Waals surface area contributed by atoms with Gasteiger partial charge >= 0.3 is 6.09 Å². The summed E-state index contributed by atoms with van der Waals surface area (Å²) < 4.78 is 23.9. The van der Waals surface area contributed by atoms with E-state index < -0.39 is 5.60 Å². The zero-order chi connectivity index (χ0) is 28.3. The van der Waals surface area contributed by atoms with E-state index in [1.807, 2.05) is 26.8 Å². The summed E-state index contributed by atoms with van der Waals surface area (Å²) in [6, 6.07) is 5.34. The minimum atomic E-state index is -0.618. The van der Waals surface area contributed by atoms with Crippen LogP contribution in [0.2, 0.25) is 0 Å². The van der Waals surface area contributed by atoms with Crippen LogP contribution in [0.1, 0.15) is 39.3 Å². The van der Waals surface area contributed by atoms with E-state index in [-0.39, 0.29) is 17.7 Å². The Morgan fingerprint density at radius 3 is 2.55 bits per heavy atom. The summed E-state index contributed by atoms with van der Waals surface area (Å²) in [6.45, 7) is 9.56. The predicted octanol–water partition coefficient (Wildman–Crippen LogP) is 2.87. The number of carbonyl (C=O) groups is 1. The van der Waals surface area contributed by atoms with Crippen molar-refractivity contribution in [1.29, 1.82) is 0 Å². The van der Waals surface area contributed by atoms with Crippen molar-refractivity contribution < 1.29 is 23.7 Å². The molecule has 0 atom stereocenters. The highest BCUT2D eigenvalue weighted by Gasteiger charge is 2.32. The van der Waals surface area contributed by atoms with E-state index in [1.54, 1.807) is 34.9 Å². The monoisotopic (exact) mass is 552 g/mol. The lowest BCUT2D eigenvalue weighted by Gasteiger charge is -2.39. The van der Waals surface area contributed by atoms with Crippen LogP contribution in [0.4, 0.5) is 4.79 Å². The van der Waals surface area contributed by atoms with Gasteiger partial charge in [0.1, 0.15) is 24.3 Å². The number of ether oxygens (including phenoxy) is 4. The normalized spacial score (nSPS) is 16.1. The molecule has 0 unspecified atom stereocenters. The minimum absolute atomic E-state index is 0.0171.